The Labute approximate surface area is 151 Å². The van der Waals surface area contributed by atoms with Crippen molar-refractivity contribution in [3.05, 3.63) is 24.3 Å². The highest BCUT2D eigenvalue weighted by molar-refractivity contribution is 7.22. The van der Waals surface area contributed by atoms with Crippen LogP contribution in [0.1, 0.15) is 13.3 Å². The first kappa shape index (κ1) is 17.2. The van der Waals surface area contributed by atoms with Crippen LogP contribution in [0, 0.1) is 5.92 Å². The minimum atomic E-state index is -1.05. The second kappa shape index (κ2) is 6.81. The molecule has 2 aromatic rings. The van der Waals surface area contributed by atoms with Crippen molar-refractivity contribution in [1.29, 1.82) is 0 Å². The van der Waals surface area contributed by atoms with E-state index < -0.39 is 18.3 Å². The summed E-state index contributed by atoms with van der Waals surface area (Å²) in [6.07, 6.45) is -1.75. The van der Waals surface area contributed by atoms with Crippen LogP contribution in [0.4, 0.5) is 5.13 Å². The van der Waals surface area contributed by atoms with Crippen LogP contribution in [-0.2, 0) is 0 Å². The van der Waals surface area contributed by atoms with E-state index in [-0.39, 0.29) is 6.04 Å². The van der Waals surface area contributed by atoms with E-state index in [1.165, 1.54) is 4.70 Å². The van der Waals surface area contributed by atoms with Crippen molar-refractivity contribution in [2.24, 2.45) is 5.92 Å². The van der Waals surface area contributed by atoms with Crippen molar-refractivity contribution < 1.29 is 15.3 Å². The van der Waals surface area contributed by atoms with Gasteiger partial charge in [-0.2, -0.15) is 0 Å². The van der Waals surface area contributed by atoms with Gasteiger partial charge in [0, 0.05) is 32.2 Å². The number of hydrogen-bond acceptors (Lipinski definition) is 7. The minimum Gasteiger partial charge on any atom is -0.389 e. The van der Waals surface area contributed by atoms with Crippen LogP contribution < -0.4 is 4.90 Å². The summed E-state index contributed by atoms with van der Waals surface area (Å²) in [5.74, 6) is 0.476. The summed E-state index contributed by atoms with van der Waals surface area (Å²) in [6, 6.07) is 8.07. The second-order valence-corrected chi connectivity index (χ2v) is 8.32. The van der Waals surface area contributed by atoms with E-state index in [9.17, 15) is 15.3 Å². The summed E-state index contributed by atoms with van der Waals surface area (Å²) in [5.41, 5.74) is 1.05. The molecule has 0 saturated carbocycles. The van der Waals surface area contributed by atoms with E-state index in [2.05, 4.69) is 15.9 Å². The third kappa shape index (κ3) is 3.27. The molecule has 2 fully saturated rings. The molecular weight excluding hydrogens is 338 g/mol. The number of anilines is 1. The van der Waals surface area contributed by atoms with E-state index >= 15 is 0 Å². The molecule has 0 bridgehead atoms. The highest BCUT2D eigenvalue weighted by atomic mass is 32.1. The van der Waals surface area contributed by atoms with Crippen LogP contribution >= 0.6 is 11.3 Å². The maximum absolute atomic E-state index is 10.1. The van der Waals surface area contributed by atoms with Crippen molar-refractivity contribution in [2.75, 3.05) is 31.1 Å². The molecule has 0 spiro atoms. The van der Waals surface area contributed by atoms with Gasteiger partial charge in [-0.15, -0.1) is 0 Å². The van der Waals surface area contributed by atoms with Gasteiger partial charge in [0.15, 0.2) is 5.13 Å². The van der Waals surface area contributed by atoms with Gasteiger partial charge in [0.1, 0.15) is 6.10 Å². The molecule has 6 nitrogen and oxygen atoms in total. The number of para-hydroxylation sites is 1. The zero-order valence-electron chi connectivity index (χ0n) is 14.3. The van der Waals surface area contributed by atoms with E-state index in [0.717, 1.165) is 36.7 Å². The average molecular weight is 363 g/mol. The number of rotatable bonds is 3. The minimum absolute atomic E-state index is 0.144. The Morgan fingerprint density at radius 2 is 1.96 bits per heavy atom. The fourth-order valence-corrected chi connectivity index (χ4v) is 4.97. The van der Waals surface area contributed by atoms with Crippen molar-refractivity contribution in [1.82, 2.24) is 9.88 Å². The van der Waals surface area contributed by atoms with Crippen LogP contribution in [0.3, 0.4) is 0 Å². The summed E-state index contributed by atoms with van der Waals surface area (Å²) < 4.78 is 1.21. The van der Waals surface area contributed by atoms with Crippen molar-refractivity contribution in [2.45, 2.75) is 37.7 Å². The lowest BCUT2D eigenvalue weighted by Gasteiger charge is -2.43. The molecule has 1 unspecified atom stereocenters. The monoisotopic (exact) mass is 363 g/mol. The number of aliphatic hydroxyl groups is 3. The normalized spacial score (nSPS) is 34.1. The number of aromatic nitrogens is 1. The molecule has 4 rings (SSSR count). The first-order valence-electron chi connectivity index (χ1n) is 8.91. The Morgan fingerprint density at radius 3 is 2.76 bits per heavy atom. The molecule has 3 heterocycles. The van der Waals surface area contributed by atoms with Gasteiger partial charge < -0.3 is 20.2 Å². The molecule has 0 radical (unpaired) electrons. The maximum atomic E-state index is 10.1. The second-order valence-electron chi connectivity index (χ2n) is 7.31. The number of benzene rings is 1. The first-order chi connectivity index (χ1) is 12.0. The highest BCUT2D eigenvalue weighted by Gasteiger charge is 2.40. The Balaban J connectivity index is 1.40. The van der Waals surface area contributed by atoms with E-state index in [4.69, 9.17) is 4.98 Å². The highest BCUT2D eigenvalue weighted by Crippen LogP contribution is 2.32. The molecule has 2 saturated heterocycles. The van der Waals surface area contributed by atoms with Crippen molar-refractivity contribution in [3.8, 4) is 0 Å². The number of nitrogens with zero attached hydrogens (tertiary/aromatic N) is 3. The molecule has 2 aliphatic heterocycles. The number of β-amino-alcohol motifs (C(OH)–C–C–N with tert-alkyl or cyclic N) is 1. The van der Waals surface area contributed by atoms with Gasteiger partial charge in [0.05, 0.1) is 22.4 Å². The molecule has 3 N–H and O–H groups in total. The lowest BCUT2D eigenvalue weighted by molar-refractivity contribution is -0.134. The lowest BCUT2D eigenvalue weighted by atomic mass is 9.93. The predicted octanol–water partition coefficient (Wildman–Crippen LogP) is 0.909. The summed E-state index contributed by atoms with van der Waals surface area (Å²) in [6.45, 7) is 5.08. The number of likely N-dealkylation sites (tertiary alicyclic amines) is 1. The van der Waals surface area contributed by atoms with E-state index in [0.29, 0.717) is 12.5 Å². The fraction of sp³-hybridized carbons (Fsp3) is 0.611. The van der Waals surface area contributed by atoms with Gasteiger partial charge in [-0.05, 0) is 31.4 Å². The summed E-state index contributed by atoms with van der Waals surface area (Å²) >= 11 is 1.73. The number of fused-ring (bicyclic) bond motifs is 1. The molecule has 1 aromatic heterocycles. The summed E-state index contributed by atoms with van der Waals surface area (Å²) in [7, 11) is 0. The van der Waals surface area contributed by atoms with Gasteiger partial charge in [-0.25, -0.2) is 4.98 Å². The summed E-state index contributed by atoms with van der Waals surface area (Å²) in [5, 5.41) is 30.9. The maximum Gasteiger partial charge on any atom is 0.186 e. The van der Waals surface area contributed by atoms with Gasteiger partial charge in [-0.3, -0.25) is 4.90 Å². The third-order valence-corrected chi connectivity index (χ3v) is 6.66. The molecule has 25 heavy (non-hydrogen) atoms. The lowest BCUT2D eigenvalue weighted by Crippen LogP contribution is -2.60. The zero-order valence-corrected chi connectivity index (χ0v) is 15.1. The predicted molar refractivity (Wildman–Crippen MR) is 99.0 cm³/mol. The number of piperidine rings is 1. The first-order valence-corrected chi connectivity index (χ1v) is 9.73. The number of thiazole rings is 1. The van der Waals surface area contributed by atoms with Crippen molar-refractivity contribution >= 4 is 26.7 Å². The van der Waals surface area contributed by atoms with Crippen LogP contribution in [0.5, 0.6) is 0 Å². The van der Waals surface area contributed by atoms with Gasteiger partial charge >= 0.3 is 0 Å². The SMILES string of the molecule is C[C@@H]1[C@@H](O)[C@H](O)[C@@H](O)CN1CC1CCN(c2nc3ccccc3s2)C1. The molecule has 7 heteroatoms. The quantitative estimate of drug-likeness (QED) is 0.752. The number of aliphatic hydroxyl groups excluding tert-OH is 3. The molecule has 2 aliphatic rings. The molecular formula is C18H25N3O3S. The Bertz CT molecular complexity index is 706. The van der Waals surface area contributed by atoms with Gasteiger partial charge in [0.25, 0.3) is 0 Å². The van der Waals surface area contributed by atoms with E-state index in [1.54, 1.807) is 11.3 Å². The largest absolute Gasteiger partial charge is 0.389 e. The van der Waals surface area contributed by atoms with Gasteiger partial charge in [-0.1, -0.05) is 23.5 Å². The molecule has 136 valence electrons. The zero-order chi connectivity index (χ0) is 17.6. The molecule has 5 atom stereocenters. The van der Waals surface area contributed by atoms with Crippen LogP contribution in [0.25, 0.3) is 10.2 Å². The molecule has 0 aliphatic carbocycles. The summed E-state index contributed by atoms with van der Waals surface area (Å²) in [4.78, 5) is 9.19. The number of hydrogen-bond donors (Lipinski definition) is 3. The topological polar surface area (TPSA) is 80.1 Å². The third-order valence-electron chi connectivity index (χ3n) is 5.57. The Morgan fingerprint density at radius 1 is 1.16 bits per heavy atom. The van der Waals surface area contributed by atoms with Crippen LogP contribution in [0.15, 0.2) is 24.3 Å². The standard InChI is InChI=1S/C18H25N3O3S/c1-11-16(23)17(24)14(22)10-21(11)9-12-6-7-20(8-12)18-19-13-4-2-3-5-15(13)25-18/h2-5,11-12,14,16-17,22-24H,6-10H2,1H3/t11-,12?,14+,16-,17-/m1/s1. The smallest absolute Gasteiger partial charge is 0.186 e. The Hall–Kier alpha value is -1.25. The average Bonchev–Trinajstić information content (AvgIpc) is 3.24. The molecule has 0 amide bonds. The van der Waals surface area contributed by atoms with E-state index in [1.807, 2.05) is 25.1 Å². The van der Waals surface area contributed by atoms with Crippen LogP contribution in [0.2, 0.25) is 0 Å². The molecule has 1 aromatic carbocycles. The Kier molecular flexibility index (Phi) is 4.68. The fourth-order valence-electron chi connectivity index (χ4n) is 3.97. The van der Waals surface area contributed by atoms with Crippen LogP contribution in [-0.4, -0.2) is 75.7 Å². The van der Waals surface area contributed by atoms with Crippen molar-refractivity contribution in [3.63, 3.8) is 0 Å². The van der Waals surface area contributed by atoms with Gasteiger partial charge in [0.2, 0.25) is 0 Å².